The smallest absolute Gasteiger partial charge is 0.300 e. The molecule has 0 bridgehead atoms. The van der Waals surface area contributed by atoms with E-state index in [0.29, 0.717) is 27.0 Å². The van der Waals surface area contributed by atoms with Crippen molar-refractivity contribution in [1.29, 1.82) is 0 Å². The van der Waals surface area contributed by atoms with E-state index in [1.807, 2.05) is 31.2 Å². The Morgan fingerprint density at radius 3 is 2.46 bits per heavy atom. The van der Waals surface area contributed by atoms with E-state index in [-0.39, 0.29) is 11.3 Å². The Labute approximate surface area is 211 Å². The molecule has 0 aliphatic carbocycles. The molecule has 8 heteroatoms. The Bertz CT molecular complexity index is 1520. The second-order valence-electron chi connectivity index (χ2n) is 8.20. The summed E-state index contributed by atoms with van der Waals surface area (Å²) in [4.78, 5) is 31.6. The third-order valence-electron chi connectivity index (χ3n) is 6.19. The number of ether oxygens (including phenoxy) is 1. The molecule has 1 fully saturated rings. The molecular weight excluding hydrogens is 487 g/mol. The van der Waals surface area contributed by atoms with Crippen LogP contribution >= 0.6 is 23.2 Å². The van der Waals surface area contributed by atoms with E-state index in [1.165, 1.54) is 18.1 Å². The normalized spacial score (nSPS) is 17.4. The lowest BCUT2D eigenvalue weighted by Crippen LogP contribution is -2.29. The number of aromatic nitrogens is 1. The van der Waals surface area contributed by atoms with Crippen LogP contribution in [0.4, 0.5) is 5.69 Å². The number of rotatable bonds is 4. The number of hydrogen-bond donors (Lipinski definition) is 2. The zero-order valence-electron chi connectivity index (χ0n) is 18.8. The number of aromatic amines is 1. The van der Waals surface area contributed by atoms with Crippen molar-refractivity contribution in [3.63, 3.8) is 0 Å². The highest BCUT2D eigenvalue weighted by atomic mass is 35.5. The van der Waals surface area contributed by atoms with Crippen LogP contribution in [-0.4, -0.2) is 28.9 Å². The van der Waals surface area contributed by atoms with Gasteiger partial charge in [0.1, 0.15) is 11.5 Å². The molecule has 35 heavy (non-hydrogen) atoms. The minimum Gasteiger partial charge on any atom is -0.507 e. The number of aliphatic hydroxyl groups excluding tert-OH is 1. The third kappa shape index (κ3) is 3.75. The lowest BCUT2D eigenvalue weighted by atomic mass is 9.93. The van der Waals surface area contributed by atoms with E-state index in [1.54, 1.807) is 36.4 Å². The van der Waals surface area contributed by atoms with Gasteiger partial charge in [-0.1, -0.05) is 41.4 Å². The van der Waals surface area contributed by atoms with Crippen molar-refractivity contribution in [2.75, 3.05) is 12.0 Å². The fraction of sp³-hybridized carbons (Fsp3) is 0.111. The number of methoxy groups -OCH3 is 1. The molecule has 0 spiro atoms. The van der Waals surface area contributed by atoms with Crippen LogP contribution < -0.4 is 9.64 Å². The monoisotopic (exact) mass is 506 g/mol. The van der Waals surface area contributed by atoms with Crippen molar-refractivity contribution in [1.82, 2.24) is 4.98 Å². The minimum absolute atomic E-state index is 0.0258. The average molecular weight is 507 g/mol. The number of nitrogens with one attached hydrogen (secondary N) is 1. The van der Waals surface area contributed by atoms with Gasteiger partial charge in [0.05, 0.1) is 23.7 Å². The number of benzene rings is 3. The number of fused-ring (bicyclic) bond motifs is 1. The van der Waals surface area contributed by atoms with Crippen LogP contribution in [0.25, 0.3) is 16.7 Å². The molecule has 1 atom stereocenters. The molecular formula is C27H20Cl2N2O4. The summed E-state index contributed by atoms with van der Waals surface area (Å²) in [5, 5.41) is 13.1. The third-order valence-corrected chi connectivity index (χ3v) is 6.75. The molecule has 1 amide bonds. The Kier molecular flexibility index (Phi) is 5.79. The molecule has 1 saturated heterocycles. The molecule has 2 N–H and O–H groups in total. The van der Waals surface area contributed by atoms with E-state index >= 15 is 0 Å². The number of aliphatic hydroxyl groups is 1. The van der Waals surface area contributed by atoms with Gasteiger partial charge in [0.2, 0.25) is 0 Å². The highest BCUT2D eigenvalue weighted by Gasteiger charge is 2.48. The number of carbonyl (C=O) groups is 2. The number of hydrogen-bond acceptors (Lipinski definition) is 4. The number of carbonyl (C=O) groups excluding carboxylic acids is 2. The zero-order valence-corrected chi connectivity index (χ0v) is 20.3. The summed E-state index contributed by atoms with van der Waals surface area (Å²) in [5.41, 5.74) is 3.12. The summed E-state index contributed by atoms with van der Waals surface area (Å²) in [6, 6.07) is 18.1. The Hall–Kier alpha value is -3.74. The van der Waals surface area contributed by atoms with Crippen LogP contribution in [-0.2, 0) is 9.59 Å². The summed E-state index contributed by atoms with van der Waals surface area (Å²) in [6.07, 6.45) is 0. The fourth-order valence-electron chi connectivity index (χ4n) is 4.59. The van der Waals surface area contributed by atoms with Gasteiger partial charge < -0.3 is 14.8 Å². The lowest BCUT2D eigenvalue weighted by Gasteiger charge is -2.26. The lowest BCUT2D eigenvalue weighted by molar-refractivity contribution is -0.132. The van der Waals surface area contributed by atoms with Crippen molar-refractivity contribution in [3.8, 4) is 5.75 Å². The predicted octanol–water partition coefficient (Wildman–Crippen LogP) is 6.42. The zero-order chi connectivity index (χ0) is 24.9. The highest BCUT2D eigenvalue weighted by Crippen LogP contribution is 2.46. The number of amides is 1. The van der Waals surface area contributed by atoms with E-state index in [4.69, 9.17) is 27.9 Å². The van der Waals surface area contributed by atoms with Crippen LogP contribution in [0.15, 0.2) is 72.3 Å². The largest absolute Gasteiger partial charge is 0.507 e. The van der Waals surface area contributed by atoms with Gasteiger partial charge in [0.15, 0.2) is 0 Å². The first kappa shape index (κ1) is 23.0. The number of anilines is 1. The maximum Gasteiger partial charge on any atom is 0.300 e. The predicted molar refractivity (Wildman–Crippen MR) is 137 cm³/mol. The summed E-state index contributed by atoms with van der Waals surface area (Å²) in [6.45, 7) is 1.88. The summed E-state index contributed by atoms with van der Waals surface area (Å²) in [7, 11) is 1.46. The first-order valence-corrected chi connectivity index (χ1v) is 11.5. The van der Waals surface area contributed by atoms with Gasteiger partial charge in [0.25, 0.3) is 11.7 Å². The molecule has 3 aromatic carbocycles. The quantitative estimate of drug-likeness (QED) is 0.190. The molecule has 6 nitrogen and oxygen atoms in total. The van der Waals surface area contributed by atoms with Crippen LogP contribution in [0.1, 0.15) is 22.9 Å². The second-order valence-corrected chi connectivity index (χ2v) is 9.05. The number of aryl methyl sites for hydroxylation is 1. The Balaban J connectivity index is 1.81. The number of Topliss-reactive ketones (excluding diaryl/α,β-unsaturated/α-hetero) is 1. The van der Waals surface area contributed by atoms with E-state index in [0.717, 1.165) is 22.2 Å². The second kappa shape index (κ2) is 8.80. The number of ketones is 1. The van der Waals surface area contributed by atoms with E-state index < -0.39 is 17.7 Å². The maximum atomic E-state index is 13.4. The molecule has 176 valence electrons. The molecule has 0 saturated carbocycles. The molecule has 1 unspecified atom stereocenters. The number of halogens is 2. The highest BCUT2D eigenvalue weighted by molar-refractivity contribution is 6.52. The van der Waals surface area contributed by atoms with E-state index in [2.05, 4.69) is 4.98 Å². The molecule has 5 rings (SSSR count). The van der Waals surface area contributed by atoms with E-state index in [9.17, 15) is 14.7 Å². The van der Waals surface area contributed by atoms with Gasteiger partial charge in [-0.05, 0) is 55.5 Å². The molecule has 1 aliphatic rings. The first-order chi connectivity index (χ1) is 16.8. The standard InChI is InChI=1S/C27H20Cl2N2O4/c1-14-22(18-5-3-4-6-20(18)30-14)24-23(25(32)15-7-12-19(29)21(13-15)35-2)26(33)27(34)31(24)17-10-8-16(28)9-11-17/h3-13,24,30,32H,1-2H3/b25-23+. The topological polar surface area (TPSA) is 82.6 Å². The summed E-state index contributed by atoms with van der Waals surface area (Å²) >= 11 is 12.2. The number of H-pyrrole nitrogens is 1. The molecule has 1 aromatic heterocycles. The van der Waals surface area contributed by atoms with Gasteiger partial charge in [-0.2, -0.15) is 0 Å². The molecule has 4 aromatic rings. The fourth-order valence-corrected chi connectivity index (χ4v) is 4.91. The van der Waals surface area contributed by atoms with Crippen molar-refractivity contribution in [3.05, 3.63) is 99.2 Å². The van der Waals surface area contributed by atoms with Crippen LogP contribution in [0.5, 0.6) is 5.75 Å². The molecule has 0 radical (unpaired) electrons. The van der Waals surface area contributed by atoms with Gasteiger partial charge in [-0.3, -0.25) is 14.5 Å². The number of nitrogens with zero attached hydrogens (tertiary/aromatic N) is 1. The van der Waals surface area contributed by atoms with Crippen molar-refractivity contribution in [2.24, 2.45) is 0 Å². The maximum absolute atomic E-state index is 13.4. The number of para-hydroxylation sites is 1. The van der Waals surface area contributed by atoms with Gasteiger partial charge in [0, 0.05) is 38.4 Å². The van der Waals surface area contributed by atoms with Gasteiger partial charge >= 0.3 is 0 Å². The van der Waals surface area contributed by atoms with Gasteiger partial charge in [-0.15, -0.1) is 0 Å². The van der Waals surface area contributed by atoms with Crippen molar-refractivity contribution < 1.29 is 19.4 Å². The Morgan fingerprint density at radius 1 is 1.03 bits per heavy atom. The minimum atomic E-state index is -0.881. The SMILES string of the molecule is COc1cc(/C(O)=C2\C(=O)C(=O)N(c3ccc(Cl)cc3)C2c2c(C)[nH]c3ccccc23)ccc1Cl. The summed E-state index contributed by atoms with van der Waals surface area (Å²) < 4.78 is 5.28. The van der Waals surface area contributed by atoms with Crippen LogP contribution in [0.2, 0.25) is 10.0 Å². The van der Waals surface area contributed by atoms with Crippen molar-refractivity contribution >= 4 is 57.2 Å². The van der Waals surface area contributed by atoms with Crippen molar-refractivity contribution in [2.45, 2.75) is 13.0 Å². The van der Waals surface area contributed by atoms with Crippen LogP contribution in [0.3, 0.4) is 0 Å². The van der Waals surface area contributed by atoms with Gasteiger partial charge in [-0.25, -0.2) is 0 Å². The summed E-state index contributed by atoms with van der Waals surface area (Å²) in [5.74, 6) is -1.52. The first-order valence-electron chi connectivity index (χ1n) is 10.8. The molecule has 1 aliphatic heterocycles. The Morgan fingerprint density at radius 2 is 1.74 bits per heavy atom. The average Bonchev–Trinajstić information content (AvgIpc) is 3.31. The molecule has 2 heterocycles. The van der Waals surface area contributed by atoms with Crippen LogP contribution in [0, 0.1) is 6.92 Å².